The van der Waals surface area contributed by atoms with E-state index in [4.69, 9.17) is 0 Å². The van der Waals surface area contributed by atoms with Gasteiger partial charge in [0.15, 0.2) is 5.17 Å². The predicted molar refractivity (Wildman–Crippen MR) is 71.2 cm³/mol. The van der Waals surface area contributed by atoms with Gasteiger partial charge in [-0.05, 0) is 11.8 Å². The molecule has 6 heteroatoms. The third kappa shape index (κ3) is 4.03. The molecular weight excluding hydrogens is 234 g/mol. The first-order chi connectivity index (χ1) is 8.16. The lowest BCUT2D eigenvalue weighted by atomic mass is 9.97. The van der Waals surface area contributed by atoms with E-state index >= 15 is 0 Å². The zero-order valence-electron chi connectivity index (χ0n) is 10.4. The van der Waals surface area contributed by atoms with Gasteiger partial charge in [0.1, 0.15) is 0 Å². The second kappa shape index (κ2) is 5.53. The molecule has 0 bridgehead atoms. The Balaban J connectivity index is 1.64. The van der Waals surface area contributed by atoms with E-state index in [1.807, 2.05) is 22.6 Å². The van der Waals surface area contributed by atoms with Crippen molar-refractivity contribution in [3.8, 4) is 0 Å². The van der Waals surface area contributed by atoms with Crippen LogP contribution >= 0.6 is 11.8 Å². The first-order valence-electron chi connectivity index (χ1n) is 5.91. The van der Waals surface area contributed by atoms with Gasteiger partial charge in [-0.3, -0.25) is 9.67 Å². The molecule has 0 spiro atoms. The lowest BCUT2D eigenvalue weighted by Gasteiger charge is -2.27. The molecule has 2 rings (SSSR count). The van der Waals surface area contributed by atoms with Gasteiger partial charge in [0.2, 0.25) is 0 Å². The minimum Gasteiger partial charge on any atom is -0.365 e. The number of hydrogen-bond acceptors (Lipinski definition) is 5. The van der Waals surface area contributed by atoms with Crippen molar-refractivity contribution in [3.05, 3.63) is 12.4 Å². The molecule has 1 aromatic rings. The van der Waals surface area contributed by atoms with E-state index < -0.39 is 0 Å². The predicted octanol–water partition coefficient (Wildman–Crippen LogP) is 1.39. The van der Waals surface area contributed by atoms with Gasteiger partial charge in [-0.15, -0.1) is 5.10 Å². The normalized spacial score (nSPS) is 18.8. The van der Waals surface area contributed by atoms with Crippen molar-refractivity contribution < 1.29 is 0 Å². The molecule has 0 fully saturated rings. The number of rotatable bonds is 4. The van der Waals surface area contributed by atoms with Gasteiger partial charge < -0.3 is 5.32 Å². The Hall–Kier alpha value is -1.04. The van der Waals surface area contributed by atoms with E-state index in [0.29, 0.717) is 5.41 Å². The monoisotopic (exact) mass is 253 g/mol. The standard InChI is InChI=1S/C11H19N5S/c1-11(2)8-13-10(17-9-11)12-4-3-6-16-7-5-14-15-16/h5,7H,3-4,6,8-9H2,1-2H3,(H,12,13). The highest BCUT2D eigenvalue weighted by molar-refractivity contribution is 8.13. The van der Waals surface area contributed by atoms with E-state index in [0.717, 1.165) is 37.0 Å². The molecule has 1 aromatic heterocycles. The van der Waals surface area contributed by atoms with Gasteiger partial charge in [0.05, 0.1) is 6.20 Å². The van der Waals surface area contributed by atoms with Crippen LogP contribution in [0.1, 0.15) is 20.3 Å². The molecule has 0 saturated carbocycles. The van der Waals surface area contributed by atoms with Crippen molar-refractivity contribution in [1.82, 2.24) is 20.3 Å². The number of thioether (sulfide) groups is 1. The highest BCUT2D eigenvalue weighted by Crippen LogP contribution is 2.26. The summed E-state index contributed by atoms with van der Waals surface area (Å²) < 4.78 is 1.85. The number of nitrogens with zero attached hydrogens (tertiary/aromatic N) is 4. The number of amidine groups is 1. The third-order valence-corrected chi connectivity index (χ3v) is 4.04. The highest BCUT2D eigenvalue weighted by atomic mass is 32.2. The molecule has 0 unspecified atom stereocenters. The summed E-state index contributed by atoms with van der Waals surface area (Å²) in [4.78, 5) is 4.55. The maximum Gasteiger partial charge on any atom is 0.156 e. The van der Waals surface area contributed by atoms with Crippen LogP contribution < -0.4 is 5.32 Å². The summed E-state index contributed by atoms with van der Waals surface area (Å²) in [6.07, 6.45) is 4.62. The van der Waals surface area contributed by atoms with Crippen molar-refractivity contribution >= 4 is 16.9 Å². The lowest BCUT2D eigenvalue weighted by molar-refractivity contribution is 0.436. The van der Waals surface area contributed by atoms with Crippen LogP contribution in [0.2, 0.25) is 0 Å². The Bertz CT molecular complexity index is 371. The van der Waals surface area contributed by atoms with E-state index in [-0.39, 0.29) is 0 Å². The lowest BCUT2D eigenvalue weighted by Crippen LogP contribution is -2.32. The van der Waals surface area contributed by atoms with Crippen LogP contribution in [0.15, 0.2) is 17.4 Å². The Morgan fingerprint density at radius 2 is 2.41 bits per heavy atom. The smallest absolute Gasteiger partial charge is 0.156 e. The minimum absolute atomic E-state index is 0.344. The van der Waals surface area contributed by atoms with Gasteiger partial charge in [-0.2, -0.15) is 0 Å². The zero-order valence-corrected chi connectivity index (χ0v) is 11.2. The number of nitrogens with one attached hydrogen (secondary N) is 1. The van der Waals surface area contributed by atoms with Crippen molar-refractivity contribution in [1.29, 1.82) is 0 Å². The Labute approximate surface area is 106 Å². The Morgan fingerprint density at radius 3 is 3.06 bits per heavy atom. The number of aryl methyl sites for hydroxylation is 1. The van der Waals surface area contributed by atoms with E-state index in [1.54, 1.807) is 6.20 Å². The van der Waals surface area contributed by atoms with Gasteiger partial charge in [-0.1, -0.05) is 30.8 Å². The Kier molecular flexibility index (Phi) is 4.04. The molecule has 1 aliphatic rings. The Morgan fingerprint density at radius 1 is 1.53 bits per heavy atom. The molecule has 94 valence electrons. The van der Waals surface area contributed by atoms with Crippen LogP contribution in [-0.2, 0) is 6.54 Å². The average molecular weight is 253 g/mol. The molecule has 0 saturated heterocycles. The maximum atomic E-state index is 4.55. The zero-order chi connectivity index (χ0) is 12.1. The third-order valence-electron chi connectivity index (χ3n) is 2.56. The van der Waals surface area contributed by atoms with Crippen LogP contribution in [0.25, 0.3) is 0 Å². The van der Waals surface area contributed by atoms with Gasteiger partial charge >= 0.3 is 0 Å². The minimum atomic E-state index is 0.344. The SMILES string of the molecule is CC1(C)CN=C(NCCCn2ccnn2)SC1. The fraction of sp³-hybridized carbons (Fsp3) is 0.727. The van der Waals surface area contributed by atoms with Crippen LogP contribution in [-0.4, -0.2) is 39.0 Å². The first kappa shape index (κ1) is 12.4. The van der Waals surface area contributed by atoms with Crippen LogP contribution in [0, 0.1) is 5.41 Å². The van der Waals surface area contributed by atoms with E-state index in [9.17, 15) is 0 Å². The molecule has 0 atom stereocenters. The summed E-state index contributed by atoms with van der Waals surface area (Å²) in [5.41, 5.74) is 0.344. The van der Waals surface area contributed by atoms with Crippen molar-refractivity contribution in [2.75, 3.05) is 18.8 Å². The molecule has 0 aromatic carbocycles. The molecule has 2 heterocycles. The van der Waals surface area contributed by atoms with Crippen molar-refractivity contribution in [2.24, 2.45) is 10.4 Å². The second-order valence-corrected chi connectivity index (χ2v) is 5.98. The second-order valence-electron chi connectivity index (χ2n) is 5.02. The molecule has 1 N–H and O–H groups in total. The molecule has 5 nitrogen and oxygen atoms in total. The van der Waals surface area contributed by atoms with Crippen LogP contribution in [0.3, 0.4) is 0 Å². The summed E-state index contributed by atoms with van der Waals surface area (Å²) in [5, 5.41) is 12.2. The van der Waals surface area contributed by atoms with Gasteiger partial charge in [0.25, 0.3) is 0 Å². The summed E-state index contributed by atoms with van der Waals surface area (Å²) in [6, 6.07) is 0. The number of hydrogen-bond donors (Lipinski definition) is 1. The van der Waals surface area contributed by atoms with E-state index in [1.165, 1.54) is 0 Å². The van der Waals surface area contributed by atoms with Crippen LogP contribution in [0.5, 0.6) is 0 Å². The topological polar surface area (TPSA) is 55.1 Å². The molecule has 1 aliphatic heterocycles. The van der Waals surface area contributed by atoms with Gasteiger partial charge in [-0.25, -0.2) is 0 Å². The first-order valence-corrected chi connectivity index (χ1v) is 6.89. The summed E-state index contributed by atoms with van der Waals surface area (Å²) in [6.45, 7) is 7.27. The molecular formula is C11H19N5S. The largest absolute Gasteiger partial charge is 0.365 e. The van der Waals surface area contributed by atoms with E-state index in [2.05, 4.69) is 34.5 Å². The number of aromatic nitrogens is 3. The maximum absolute atomic E-state index is 4.55. The molecule has 0 aliphatic carbocycles. The summed E-state index contributed by atoms with van der Waals surface area (Å²) in [7, 11) is 0. The quantitative estimate of drug-likeness (QED) is 0.824. The molecule has 0 amide bonds. The van der Waals surface area contributed by atoms with Gasteiger partial charge in [0, 0.05) is 31.6 Å². The molecule has 0 radical (unpaired) electrons. The summed E-state index contributed by atoms with van der Waals surface area (Å²) >= 11 is 1.82. The summed E-state index contributed by atoms with van der Waals surface area (Å²) in [5.74, 6) is 1.14. The highest BCUT2D eigenvalue weighted by Gasteiger charge is 2.22. The fourth-order valence-corrected chi connectivity index (χ4v) is 2.51. The average Bonchev–Trinajstić information content (AvgIpc) is 2.79. The van der Waals surface area contributed by atoms with Crippen molar-refractivity contribution in [3.63, 3.8) is 0 Å². The molecule has 17 heavy (non-hydrogen) atoms. The van der Waals surface area contributed by atoms with Crippen LogP contribution in [0.4, 0.5) is 0 Å². The fourth-order valence-electron chi connectivity index (χ4n) is 1.54. The number of aliphatic imine (C=N–C) groups is 1. The van der Waals surface area contributed by atoms with Crippen molar-refractivity contribution in [2.45, 2.75) is 26.8 Å².